The number of carboxylic acids is 1. The molecule has 0 aromatic carbocycles. The molecular formula is C14H24N2O4. The first kappa shape index (κ1) is 15.1. The molecule has 2 saturated heterocycles. The second-order valence-corrected chi connectivity index (χ2v) is 6.00. The monoisotopic (exact) mass is 284 g/mol. The van der Waals surface area contributed by atoms with Crippen LogP contribution in [0.4, 0.5) is 4.79 Å². The third-order valence-electron chi connectivity index (χ3n) is 4.61. The quantitative estimate of drug-likeness (QED) is 0.792. The molecule has 0 aromatic heterocycles. The summed E-state index contributed by atoms with van der Waals surface area (Å²) in [6.45, 7) is 4.03. The Balaban J connectivity index is 1.89. The molecular weight excluding hydrogens is 260 g/mol. The van der Waals surface area contributed by atoms with Crippen molar-refractivity contribution in [2.45, 2.75) is 38.6 Å². The highest BCUT2D eigenvalue weighted by Gasteiger charge is 2.35. The minimum atomic E-state index is -0.757. The van der Waals surface area contributed by atoms with Gasteiger partial charge in [-0.2, -0.15) is 0 Å². The Bertz CT molecular complexity index is 366. The van der Waals surface area contributed by atoms with Gasteiger partial charge in [-0.1, -0.05) is 0 Å². The topological polar surface area (TPSA) is 81.1 Å². The molecule has 2 unspecified atom stereocenters. The van der Waals surface area contributed by atoms with Crippen molar-refractivity contribution in [3.8, 4) is 0 Å². The highest BCUT2D eigenvalue weighted by molar-refractivity contribution is 5.76. The van der Waals surface area contributed by atoms with Crippen LogP contribution in [-0.4, -0.2) is 64.3 Å². The molecule has 0 aromatic rings. The van der Waals surface area contributed by atoms with E-state index in [0.717, 1.165) is 12.8 Å². The van der Waals surface area contributed by atoms with E-state index in [1.807, 2.05) is 11.8 Å². The van der Waals surface area contributed by atoms with Crippen LogP contribution in [0, 0.1) is 11.8 Å². The lowest BCUT2D eigenvalue weighted by Crippen LogP contribution is -2.53. The van der Waals surface area contributed by atoms with E-state index in [0.29, 0.717) is 38.4 Å². The van der Waals surface area contributed by atoms with Crippen LogP contribution < -0.4 is 0 Å². The molecule has 2 aliphatic heterocycles. The fraction of sp³-hybridized carbons (Fsp3) is 0.857. The van der Waals surface area contributed by atoms with Crippen molar-refractivity contribution in [2.24, 2.45) is 11.8 Å². The number of carbonyl (C=O) groups excluding carboxylic acids is 1. The lowest BCUT2D eigenvalue weighted by molar-refractivity contribution is -0.143. The lowest BCUT2D eigenvalue weighted by Gasteiger charge is -2.41. The second kappa shape index (κ2) is 6.43. The van der Waals surface area contributed by atoms with Crippen molar-refractivity contribution in [3.05, 3.63) is 0 Å². The van der Waals surface area contributed by atoms with E-state index >= 15 is 0 Å². The molecule has 2 aliphatic rings. The zero-order valence-corrected chi connectivity index (χ0v) is 12.0. The van der Waals surface area contributed by atoms with Gasteiger partial charge in [0.05, 0.1) is 5.92 Å². The number of rotatable bonds is 2. The largest absolute Gasteiger partial charge is 0.481 e. The summed E-state index contributed by atoms with van der Waals surface area (Å²) in [5.74, 6) is -0.767. The number of piperidine rings is 2. The maximum atomic E-state index is 12.5. The number of aliphatic hydroxyl groups is 1. The number of amides is 2. The summed E-state index contributed by atoms with van der Waals surface area (Å²) < 4.78 is 0. The zero-order valence-electron chi connectivity index (χ0n) is 12.0. The summed E-state index contributed by atoms with van der Waals surface area (Å²) in [6, 6.07) is 0.00523. The SMILES string of the molecule is CC1CC(C(=O)O)CCN1C(=O)N1CCC(CO)CC1. The predicted molar refractivity (Wildman–Crippen MR) is 73.3 cm³/mol. The molecule has 0 aliphatic carbocycles. The summed E-state index contributed by atoms with van der Waals surface area (Å²) in [6.07, 6.45) is 2.77. The Morgan fingerprint density at radius 1 is 1.15 bits per heavy atom. The van der Waals surface area contributed by atoms with Crippen molar-refractivity contribution < 1.29 is 19.8 Å². The maximum absolute atomic E-state index is 12.5. The normalized spacial score (nSPS) is 28.5. The number of likely N-dealkylation sites (tertiary alicyclic amines) is 2. The minimum absolute atomic E-state index is 0.0204. The molecule has 20 heavy (non-hydrogen) atoms. The zero-order chi connectivity index (χ0) is 14.7. The average Bonchev–Trinajstić information content (AvgIpc) is 2.46. The van der Waals surface area contributed by atoms with Gasteiger partial charge in [-0.05, 0) is 38.5 Å². The molecule has 2 atom stereocenters. The Morgan fingerprint density at radius 3 is 2.30 bits per heavy atom. The van der Waals surface area contributed by atoms with Crippen molar-refractivity contribution in [3.63, 3.8) is 0 Å². The fourth-order valence-corrected chi connectivity index (χ4v) is 3.17. The standard InChI is InChI=1S/C14H24N2O4/c1-10-8-12(13(18)19)4-7-16(10)14(20)15-5-2-11(9-17)3-6-15/h10-12,17H,2-9H2,1H3,(H,18,19). The third-order valence-corrected chi connectivity index (χ3v) is 4.61. The molecule has 0 radical (unpaired) electrons. The van der Waals surface area contributed by atoms with E-state index in [4.69, 9.17) is 10.2 Å². The number of hydrogen-bond acceptors (Lipinski definition) is 3. The van der Waals surface area contributed by atoms with E-state index in [1.165, 1.54) is 0 Å². The minimum Gasteiger partial charge on any atom is -0.481 e. The van der Waals surface area contributed by atoms with Crippen molar-refractivity contribution in [1.29, 1.82) is 0 Å². The van der Waals surface area contributed by atoms with Crippen LogP contribution in [0.1, 0.15) is 32.6 Å². The summed E-state index contributed by atoms with van der Waals surface area (Å²) in [5, 5.41) is 18.2. The smallest absolute Gasteiger partial charge is 0.320 e. The van der Waals surface area contributed by atoms with Gasteiger partial charge in [0.25, 0.3) is 0 Å². The van der Waals surface area contributed by atoms with Gasteiger partial charge < -0.3 is 20.0 Å². The van der Waals surface area contributed by atoms with Gasteiger partial charge in [-0.3, -0.25) is 4.79 Å². The van der Waals surface area contributed by atoms with E-state index < -0.39 is 5.97 Å². The Morgan fingerprint density at radius 2 is 1.80 bits per heavy atom. The first-order valence-electron chi connectivity index (χ1n) is 7.42. The number of aliphatic hydroxyl groups excluding tert-OH is 1. The van der Waals surface area contributed by atoms with Crippen LogP contribution in [0.2, 0.25) is 0 Å². The molecule has 0 bridgehead atoms. The van der Waals surface area contributed by atoms with Gasteiger partial charge in [0.1, 0.15) is 0 Å². The summed E-state index contributed by atoms with van der Waals surface area (Å²) in [4.78, 5) is 27.1. The summed E-state index contributed by atoms with van der Waals surface area (Å²) in [7, 11) is 0. The van der Waals surface area contributed by atoms with Crippen LogP contribution in [0.5, 0.6) is 0 Å². The first-order valence-corrected chi connectivity index (χ1v) is 7.42. The second-order valence-electron chi connectivity index (χ2n) is 6.00. The van der Waals surface area contributed by atoms with Gasteiger partial charge in [0.2, 0.25) is 0 Å². The molecule has 2 heterocycles. The van der Waals surface area contributed by atoms with Crippen LogP contribution in [0.3, 0.4) is 0 Å². The number of carboxylic acid groups (broad SMARTS) is 1. The highest BCUT2D eigenvalue weighted by Crippen LogP contribution is 2.25. The number of nitrogens with zero attached hydrogens (tertiary/aromatic N) is 2. The van der Waals surface area contributed by atoms with Crippen LogP contribution in [-0.2, 0) is 4.79 Å². The van der Waals surface area contributed by atoms with Gasteiger partial charge in [-0.15, -0.1) is 0 Å². The van der Waals surface area contributed by atoms with Crippen molar-refractivity contribution in [2.75, 3.05) is 26.2 Å². The molecule has 2 fully saturated rings. The number of urea groups is 1. The molecule has 2 amide bonds. The van der Waals surface area contributed by atoms with Crippen LogP contribution in [0.25, 0.3) is 0 Å². The Kier molecular flexibility index (Phi) is 4.86. The maximum Gasteiger partial charge on any atom is 0.320 e. The van der Waals surface area contributed by atoms with Crippen LogP contribution in [0.15, 0.2) is 0 Å². The van der Waals surface area contributed by atoms with Gasteiger partial charge in [0.15, 0.2) is 0 Å². The Labute approximate surface area is 119 Å². The molecule has 6 nitrogen and oxygen atoms in total. The average molecular weight is 284 g/mol. The van der Waals surface area contributed by atoms with Gasteiger partial charge in [0, 0.05) is 32.3 Å². The van der Waals surface area contributed by atoms with E-state index in [1.54, 1.807) is 4.90 Å². The molecule has 6 heteroatoms. The number of hydrogen-bond donors (Lipinski definition) is 2. The summed E-state index contributed by atoms with van der Waals surface area (Å²) in [5.41, 5.74) is 0. The third kappa shape index (κ3) is 3.23. The first-order chi connectivity index (χ1) is 9.52. The molecule has 114 valence electrons. The number of aliphatic carboxylic acids is 1. The molecule has 0 saturated carbocycles. The van der Waals surface area contributed by atoms with E-state index in [-0.39, 0.29) is 24.6 Å². The predicted octanol–water partition coefficient (Wildman–Crippen LogP) is 0.996. The molecule has 0 spiro atoms. The molecule has 2 rings (SSSR count). The fourth-order valence-electron chi connectivity index (χ4n) is 3.17. The van der Waals surface area contributed by atoms with Crippen LogP contribution >= 0.6 is 0 Å². The summed E-state index contributed by atoms with van der Waals surface area (Å²) >= 11 is 0. The lowest BCUT2D eigenvalue weighted by atomic mass is 9.92. The van der Waals surface area contributed by atoms with Crippen molar-refractivity contribution in [1.82, 2.24) is 9.80 Å². The van der Waals surface area contributed by atoms with E-state index in [2.05, 4.69) is 0 Å². The van der Waals surface area contributed by atoms with Gasteiger partial charge in [-0.25, -0.2) is 4.79 Å². The van der Waals surface area contributed by atoms with Gasteiger partial charge >= 0.3 is 12.0 Å². The molecule has 2 N–H and O–H groups in total. The number of carbonyl (C=O) groups is 2. The van der Waals surface area contributed by atoms with Crippen molar-refractivity contribution >= 4 is 12.0 Å². The highest BCUT2D eigenvalue weighted by atomic mass is 16.4. The van der Waals surface area contributed by atoms with E-state index in [9.17, 15) is 9.59 Å². The Hall–Kier alpha value is -1.30.